The topological polar surface area (TPSA) is 49.7 Å². The first-order chi connectivity index (χ1) is 7.89. The molecule has 0 atom stereocenters. The van der Waals surface area contributed by atoms with E-state index in [0.29, 0.717) is 0 Å². The Labute approximate surface area is 102 Å². The molecule has 92 valence electrons. The molecule has 0 amide bonds. The summed E-state index contributed by atoms with van der Waals surface area (Å²) in [7, 11) is 0. The fourth-order valence-corrected chi connectivity index (χ4v) is 1.61. The van der Waals surface area contributed by atoms with Crippen molar-refractivity contribution in [3.8, 4) is 0 Å². The van der Waals surface area contributed by atoms with Gasteiger partial charge in [-0.15, -0.1) is 0 Å². The smallest absolute Gasteiger partial charge is 0.303 e. The first-order valence-electron chi connectivity index (χ1n) is 5.76. The largest absolute Gasteiger partial charge is 0.481 e. The molecule has 0 fully saturated rings. The highest BCUT2D eigenvalue weighted by Gasteiger charge is 2.31. The Morgan fingerprint density at radius 3 is 2.35 bits per heavy atom. The van der Waals surface area contributed by atoms with Gasteiger partial charge in [0.05, 0.1) is 5.69 Å². The lowest BCUT2D eigenvalue weighted by Crippen LogP contribution is -2.22. The van der Waals surface area contributed by atoms with E-state index in [1.54, 1.807) is 6.92 Å². The third kappa shape index (κ3) is 2.93. The van der Waals surface area contributed by atoms with E-state index < -0.39 is 5.97 Å². The van der Waals surface area contributed by atoms with Crippen molar-refractivity contribution < 1.29 is 9.90 Å². The van der Waals surface area contributed by atoms with Crippen LogP contribution in [0.3, 0.4) is 0 Å². The van der Waals surface area contributed by atoms with E-state index in [4.69, 9.17) is 5.11 Å². The fraction of sp³-hybridized carbons (Fsp3) is 0.429. The molecule has 1 aliphatic heterocycles. The van der Waals surface area contributed by atoms with Gasteiger partial charge >= 0.3 is 5.97 Å². The minimum Gasteiger partial charge on any atom is -0.481 e. The van der Waals surface area contributed by atoms with Crippen LogP contribution in [0.1, 0.15) is 39.7 Å². The number of carbonyl (C=O) groups is 1. The van der Waals surface area contributed by atoms with Gasteiger partial charge in [0.25, 0.3) is 0 Å². The summed E-state index contributed by atoms with van der Waals surface area (Å²) in [6.45, 7) is 8.14. The van der Waals surface area contributed by atoms with Crippen LogP contribution in [0.4, 0.5) is 5.69 Å². The van der Waals surface area contributed by atoms with Crippen molar-refractivity contribution in [2.45, 2.75) is 39.5 Å². The minimum absolute atomic E-state index is 0.136. The lowest BCUT2D eigenvalue weighted by molar-refractivity contribution is -0.136. The van der Waals surface area contributed by atoms with Gasteiger partial charge < -0.3 is 5.11 Å². The first kappa shape index (κ1) is 13.4. The molecular formula is C14H19NO2. The molecule has 1 heterocycles. The Hall–Kier alpha value is -1.64. The SMILES string of the molecule is CC1=Nc2ccccc2C1(C)C.CCC(=O)O. The molecule has 1 aromatic rings. The number of aliphatic carboxylic acids is 1. The highest BCUT2D eigenvalue weighted by Crippen LogP contribution is 2.39. The molecule has 1 N–H and O–H groups in total. The van der Waals surface area contributed by atoms with E-state index >= 15 is 0 Å². The van der Waals surface area contributed by atoms with E-state index in [-0.39, 0.29) is 11.8 Å². The molecule has 0 radical (unpaired) electrons. The highest BCUT2D eigenvalue weighted by molar-refractivity contribution is 5.99. The van der Waals surface area contributed by atoms with Crippen molar-refractivity contribution in [1.82, 2.24) is 0 Å². The van der Waals surface area contributed by atoms with Crippen molar-refractivity contribution >= 4 is 17.4 Å². The maximum atomic E-state index is 9.37. The second kappa shape index (κ2) is 5.13. The van der Waals surface area contributed by atoms with E-state index in [0.717, 1.165) is 5.69 Å². The molecule has 0 bridgehead atoms. The molecule has 1 aliphatic rings. The molecule has 3 nitrogen and oxygen atoms in total. The number of nitrogens with zero attached hydrogens (tertiary/aromatic N) is 1. The van der Waals surface area contributed by atoms with E-state index in [9.17, 15) is 4.79 Å². The Balaban J connectivity index is 0.000000249. The lowest BCUT2D eigenvalue weighted by atomic mass is 9.82. The average molecular weight is 233 g/mol. The van der Waals surface area contributed by atoms with Gasteiger partial charge in [-0.05, 0) is 18.6 Å². The standard InChI is InChI=1S/C11H13N.C3H6O2/c1-8-11(2,3)9-6-4-5-7-10(9)12-8;1-2-3(4)5/h4-7H,1-3H3;2H2,1H3,(H,4,5). The van der Waals surface area contributed by atoms with Gasteiger partial charge in [0, 0.05) is 17.5 Å². The molecule has 1 aromatic carbocycles. The third-order valence-corrected chi connectivity index (χ3v) is 3.07. The molecule has 0 aliphatic carbocycles. The number of carboxylic acid groups (broad SMARTS) is 1. The van der Waals surface area contributed by atoms with Crippen molar-refractivity contribution in [1.29, 1.82) is 0 Å². The van der Waals surface area contributed by atoms with Crippen LogP contribution >= 0.6 is 0 Å². The molecule has 2 rings (SSSR count). The number of rotatable bonds is 1. The summed E-state index contributed by atoms with van der Waals surface area (Å²) in [6, 6.07) is 8.36. The molecule has 3 heteroatoms. The predicted octanol–water partition coefficient (Wildman–Crippen LogP) is 3.55. The van der Waals surface area contributed by atoms with Crippen LogP contribution in [-0.2, 0) is 10.2 Å². The molecule has 0 saturated carbocycles. The van der Waals surface area contributed by atoms with Gasteiger partial charge in [-0.2, -0.15) is 0 Å². The van der Waals surface area contributed by atoms with Crippen LogP contribution in [0.25, 0.3) is 0 Å². The predicted molar refractivity (Wildman–Crippen MR) is 70.2 cm³/mol. The van der Waals surface area contributed by atoms with Gasteiger partial charge in [-0.25, -0.2) is 0 Å². The summed E-state index contributed by atoms with van der Waals surface area (Å²) in [5.41, 5.74) is 3.84. The summed E-state index contributed by atoms with van der Waals surface area (Å²) in [5, 5.41) is 7.72. The van der Waals surface area contributed by atoms with Crippen molar-refractivity contribution in [2.24, 2.45) is 4.99 Å². The van der Waals surface area contributed by atoms with Gasteiger partial charge in [0.15, 0.2) is 0 Å². The minimum atomic E-state index is -0.745. The lowest BCUT2D eigenvalue weighted by Gasteiger charge is -2.19. The van der Waals surface area contributed by atoms with Crippen LogP contribution in [0.5, 0.6) is 0 Å². The second-order valence-electron chi connectivity index (χ2n) is 4.59. The van der Waals surface area contributed by atoms with Gasteiger partial charge in [0.1, 0.15) is 0 Å². The second-order valence-corrected chi connectivity index (χ2v) is 4.59. The van der Waals surface area contributed by atoms with Gasteiger partial charge in [-0.1, -0.05) is 39.0 Å². The van der Waals surface area contributed by atoms with Crippen LogP contribution in [0.2, 0.25) is 0 Å². The summed E-state index contributed by atoms with van der Waals surface area (Å²) in [5.74, 6) is -0.745. The number of hydrogen-bond acceptors (Lipinski definition) is 2. The van der Waals surface area contributed by atoms with E-state index in [1.165, 1.54) is 11.3 Å². The molecular weight excluding hydrogens is 214 g/mol. The number of carboxylic acids is 1. The molecule has 0 aromatic heterocycles. The van der Waals surface area contributed by atoms with Crippen LogP contribution in [0, 0.1) is 0 Å². The Bertz CT molecular complexity index is 447. The quantitative estimate of drug-likeness (QED) is 0.806. The Morgan fingerprint density at radius 2 is 1.88 bits per heavy atom. The maximum Gasteiger partial charge on any atom is 0.303 e. The summed E-state index contributed by atoms with van der Waals surface area (Å²) < 4.78 is 0. The monoisotopic (exact) mass is 233 g/mol. The summed E-state index contributed by atoms with van der Waals surface area (Å²) in [6.07, 6.45) is 0.222. The Kier molecular flexibility index (Phi) is 4.05. The number of aliphatic imine (C=N–C) groups is 1. The highest BCUT2D eigenvalue weighted by atomic mass is 16.4. The van der Waals surface area contributed by atoms with E-state index in [2.05, 4.69) is 44.0 Å². The fourth-order valence-electron chi connectivity index (χ4n) is 1.61. The number of hydrogen-bond donors (Lipinski definition) is 1. The van der Waals surface area contributed by atoms with Crippen molar-refractivity contribution in [3.05, 3.63) is 29.8 Å². The molecule has 0 saturated heterocycles. The van der Waals surface area contributed by atoms with E-state index in [1.807, 2.05) is 6.07 Å². The zero-order valence-electron chi connectivity index (χ0n) is 10.8. The average Bonchev–Trinajstić information content (AvgIpc) is 2.52. The van der Waals surface area contributed by atoms with Crippen LogP contribution < -0.4 is 0 Å². The maximum absolute atomic E-state index is 9.37. The zero-order valence-corrected chi connectivity index (χ0v) is 10.8. The zero-order chi connectivity index (χ0) is 13.1. The van der Waals surface area contributed by atoms with Crippen molar-refractivity contribution in [2.75, 3.05) is 0 Å². The molecule has 0 unspecified atom stereocenters. The third-order valence-electron chi connectivity index (χ3n) is 3.07. The van der Waals surface area contributed by atoms with Gasteiger partial charge in [0.2, 0.25) is 0 Å². The van der Waals surface area contributed by atoms with Crippen molar-refractivity contribution in [3.63, 3.8) is 0 Å². The number of para-hydroxylation sites is 1. The number of benzene rings is 1. The normalized spacial score (nSPS) is 15.4. The summed E-state index contributed by atoms with van der Waals surface area (Å²) in [4.78, 5) is 13.9. The summed E-state index contributed by atoms with van der Waals surface area (Å²) >= 11 is 0. The van der Waals surface area contributed by atoms with Crippen LogP contribution in [0.15, 0.2) is 29.3 Å². The van der Waals surface area contributed by atoms with Crippen LogP contribution in [-0.4, -0.2) is 16.8 Å². The molecule has 0 spiro atoms. The number of fused-ring (bicyclic) bond motifs is 1. The Morgan fingerprint density at radius 1 is 1.35 bits per heavy atom. The first-order valence-corrected chi connectivity index (χ1v) is 5.76. The van der Waals surface area contributed by atoms with Gasteiger partial charge in [-0.3, -0.25) is 9.79 Å². The molecule has 17 heavy (non-hydrogen) atoms.